The summed E-state index contributed by atoms with van der Waals surface area (Å²) >= 11 is 11.8. The third-order valence-electron chi connectivity index (χ3n) is 2.94. The Hall–Kier alpha value is -0.990. The molecule has 1 heterocycles. The summed E-state index contributed by atoms with van der Waals surface area (Å²) in [6.07, 6.45) is 2.40. The summed E-state index contributed by atoms with van der Waals surface area (Å²) < 4.78 is 0. The fraction of sp³-hybridized carbons (Fsp3) is 0.308. The summed E-state index contributed by atoms with van der Waals surface area (Å²) in [7, 11) is 0. The minimum absolute atomic E-state index is 0.168. The van der Waals surface area contributed by atoms with Gasteiger partial charge in [0.05, 0.1) is 10.0 Å². The molecule has 1 aliphatic rings. The van der Waals surface area contributed by atoms with Crippen LogP contribution in [0.3, 0.4) is 0 Å². The highest BCUT2D eigenvalue weighted by molar-refractivity contribution is 6.42. The first-order valence-corrected chi connectivity index (χ1v) is 6.20. The van der Waals surface area contributed by atoms with Crippen LogP contribution >= 0.6 is 23.2 Å². The van der Waals surface area contributed by atoms with Gasteiger partial charge in [-0.15, -0.1) is 6.58 Å². The van der Waals surface area contributed by atoms with E-state index in [1.165, 1.54) is 0 Å². The molecule has 0 bridgehead atoms. The molecule has 1 amide bonds. The topological polar surface area (TPSA) is 20.3 Å². The van der Waals surface area contributed by atoms with Crippen molar-refractivity contribution in [2.24, 2.45) is 5.92 Å². The number of halogens is 2. The van der Waals surface area contributed by atoms with Crippen LogP contribution in [0.4, 0.5) is 0 Å². The molecule has 1 saturated heterocycles. The van der Waals surface area contributed by atoms with Gasteiger partial charge in [-0.05, 0) is 17.7 Å². The van der Waals surface area contributed by atoms with Gasteiger partial charge >= 0.3 is 0 Å². The zero-order valence-corrected chi connectivity index (χ0v) is 10.8. The zero-order chi connectivity index (χ0) is 12.4. The summed E-state index contributed by atoms with van der Waals surface area (Å²) in [5.74, 6) is 0.436. The van der Waals surface area contributed by atoms with Gasteiger partial charge in [0.15, 0.2) is 0 Å². The van der Waals surface area contributed by atoms with Crippen molar-refractivity contribution in [1.29, 1.82) is 0 Å². The second-order valence-corrected chi connectivity index (χ2v) is 5.04. The van der Waals surface area contributed by atoms with Crippen LogP contribution in [0.25, 0.3) is 0 Å². The van der Waals surface area contributed by atoms with Gasteiger partial charge in [0.2, 0.25) is 5.91 Å². The average molecular weight is 270 g/mol. The molecule has 1 aromatic carbocycles. The molecule has 1 unspecified atom stereocenters. The Kier molecular flexibility index (Phi) is 3.75. The molecule has 1 atom stereocenters. The molecule has 0 aromatic heterocycles. The molecule has 0 saturated carbocycles. The zero-order valence-electron chi connectivity index (χ0n) is 9.33. The molecule has 0 N–H and O–H groups in total. The van der Waals surface area contributed by atoms with Gasteiger partial charge in [-0.1, -0.05) is 35.3 Å². The Morgan fingerprint density at radius 2 is 2.18 bits per heavy atom. The summed E-state index contributed by atoms with van der Waals surface area (Å²) in [5.41, 5.74) is 0.998. The Bertz CT molecular complexity index is 459. The maximum atomic E-state index is 11.7. The van der Waals surface area contributed by atoms with Crippen LogP contribution in [0.5, 0.6) is 0 Å². The van der Waals surface area contributed by atoms with Crippen molar-refractivity contribution in [1.82, 2.24) is 4.90 Å². The molecule has 2 nitrogen and oxygen atoms in total. The largest absolute Gasteiger partial charge is 0.338 e. The standard InChI is InChI=1S/C13H13Cl2NO/c1-2-9-6-13(17)16(7-9)8-10-3-4-11(14)12(15)5-10/h2-5,9H,1,6-8H2. The summed E-state index contributed by atoms with van der Waals surface area (Å²) in [4.78, 5) is 13.5. The Balaban J connectivity index is 2.08. The van der Waals surface area contributed by atoms with Gasteiger partial charge in [0.1, 0.15) is 0 Å². The number of carbonyl (C=O) groups excluding carboxylic acids is 1. The minimum Gasteiger partial charge on any atom is -0.338 e. The number of likely N-dealkylation sites (tertiary alicyclic amines) is 1. The van der Waals surface area contributed by atoms with Gasteiger partial charge < -0.3 is 4.90 Å². The van der Waals surface area contributed by atoms with Gasteiger partial charge in [0, 0.05) is 25.4 Å². The number of rotatable bonds is 3. The van der Waals surface area contributed by atoms with Crippen molar-refractivity contribution in [2.75, 3.05) is 6.54 Å². The fourth-order valence-electron chi connectivity index (χ4n) is 1.97. The summed E-state index contributed by atoms with van der Waals surface area (Å²) in [5, 5.41) is 1.06. The predicted molar refractivity (Wildman–Crippen MR) is 70.2 cm³/mol. The monoisotopic (exact) mass is 269 g/mol. The minimum atomic E-state index is 0.168. The third kappa shape index (κ3) is 2.82. The Morgan fingerprint density at radius 1 is 1.41 bits per heavy atom. The number of hydrogen-bond donors (Lipinski definition) is 0. The van der Waals surface area contributed by atoms with E-state index in [1.807, 2.05) is 17.0 Å². The van der Waals surface area contributed by atoms with E-state index >= 15 is 0 Å². The lowest BCUT2D eigenvalue weighted by atomic mass is 10.1. The highest BCUT2D eigenvalue weighted by Gasteiger charge is 2.27. The lowest BCUT2D eigenvalue weighted by molar-refractivity contribution is -0.128. The van der Waals surface area contributed by atoms with Crippen molar-refractivity contribution in [2.45, 2.75) is 13.0 Å². The summed E-state index contributed by atoms with van der Waals surface area (Å²) in [6.45, 7) is 5.05. The number of hydrogen-bond acceptors (Lipinski definition) is 1. The van der Waals surface area contributed by atoms with E-state index in [2.05, 4.69) is 6.58 Å². The third-order valence-corrected chi connectivity index (χ3v) is 3.67. The first kappa shape index (κ1) is 12.5. The number of nitrogens with zero attached hydrogens (tertiary/aromatic N) is 1. The van der Waals surface area contributed by atoms with Crippen LogP contribution in [-0.4, -0.2) is 17.4 Å². The first-order valence-electron chi connectivity index (χ1n) is 5.44. The molecular weight excluding hydrogens is 257 g/mol. The lowest BCUT2D eigenvalue weighted by Crippen LogP contribution is -2.24. The Morgan fingerprint density at radius 3 is 2.76 bits per heavy atom. The van der Waals surface area contributed by atoms with E-state index in [0.29, 0.717) is 23.0 Å². The maximum Gasteiger partial charge on any atom is 0.223 e. The molecule has 90 valence electrons. The SMILES string of the molecule is C=CC1CC(=O)N(Cc2ccc(Cl)c(Cl)c2)C1. The van der Waals surface area contributed by atoms with Gasteiger partial charge in [0.25, 0.3) is 0 Å². The predicted octanol–water partition coefficient (Wildman–Crippen LogP) is 3.53. The van der Waals surface area contributed by atoms with E-state index in [1.54, 1.807) is 12.1 Å². The van der Waals surface area contributed by atoms with Crippen molar-refractivity contribution in [3.8, 4) is 0 Å². The van der Waals surface area contributed by atoms with Crippen molar-refractivity contribution < 1.29 is 4.79 Å². The molecule has 1 aromatic rings. The molecule has 1 aliphatic heterocycles. The van der Waals surface area contributed by atoms with Crippen LogP contribution in [0.2, 0.25) is 10.0 Å². The van der Waals surface area contributed by atoms with Crippen molar-refractivity contribution in [3.05, 3.63) is 46.5 Å². The molecule has 2 rings (SSSR count). The highest BCUT2D eigenvalue weighted by atomic mass is 35.5. The second-order valence-electron chi connectivity index (χ2n) is 4.22. The van der Waals surface area contributed by atoms with Gasteiger partial charge in [-0.25, -0.2) is 0 Å². The lowest BCUT2D eigenvalue weighted by Gasteiger charge is -2.16. The quantitative estimate of drug-likeness (QED) is 0.769. The normalized spacial score (nSPS) is 19.8. The molecule has 0 radical (unpaired) electrons. The van der Waals surface area contributed by atoms with Gasteiger partial charge in [-0.3, -0.25) is 4.79 Å². The van der Waals surface area contributed by atoms with E-state index in [0.717, 1.165) is 12.1 Å². The second kappa shape index (κ2) is 5.11. The van der Waals surface area contributed by atoms with Crippen LogP contribution < -0.4 is 0 Å². The van der Waals surface area contributed by atoms with Crippen LogP contribution in [0.15, 0.2) is 30.9 Å². The van der Waals surface area contributed by atoms with Gasteiger partial charge in [-0.2, -0.15) is 0 Å². The number of carbonyl (C=O) groups is 1. The molecule has 1 fully saturated rings. The van der Waals surface area contributed by atoms with Crippen LogP contribution in [0.1, 0.15) is 12.0 Å². The Labute approximate surface area is 111 Å². The number of benzene rings is 1. The number of amides is 1. The molecular formula is C13H13Cl2NO. The molecule has 0 aliphatic carbocycles. The summed E-state index contributed by atoms with van der Waals surface area (Å²) in [6, 6.07) is 5.45. The van der Waals surface area contributed by atoms with Crippen molar-refractivity contribution >= 4 is 29.1 Å². The maximum absolute atomic E-state index is 11.7. The van der Waals surface area contributed by atoms with Crippen LogP contribution in [0, 0.1) is 5.92 Å². The van der Waals surface area contributed by atoms with Crippen LogP contribution in [-0.2, 0) is 11.3 Å². The van der Waals surface area contributed by atoms with Crippen molar-refractivity contribution in [3.63, 3.8) is 0 Å². The molecule has 17 heavy (non-hydrogen) atoms. The van der Waals surface area contributed by atoms with E-state index in [9.17, 15) is 4.79 Å². The van der Waals surface area contributed by atoms with E-state index in [-0.39, 0.29) is 11.8 Å². The molecule has 4 heteroatoms. The first-order chi connectivity index (χ1) is 8.10. The fourth-order valence-corrected chi connectivity index (χ4v) is 2.29. The molecule has 0 spiro atoms. The average Bonchev–Trinajstić information content (AvgIpc) is 2.65. The smallest absolute Gasteiger partial charge is 0.223 e. The van der Waals surface area contributed by atoms with E-state index in [4.69, 9.17) is 23.2 Å². The highest BCUT2D eigenvalue weighted by Crippen LogP contribution is 2.25. The van der Waals surface area contributed by atoms with E-state index < -0.39 is 0 Å².